The van der Waals surface area contributed by atoms with Crippen LogP contribution in [-0.4, -0.2) is 21.3 Å². The second kappa shape index (κ2) is 3.14. The van der Waals surface area contributed by atoms with Gasteiger partial charge in [0, 0.05) is 0 Å². The van der Waals surface area contributed by atoms with Crippen molar-refractivity contribution in [2.75, 3.05) is 0 Å². The molecule has 0 aliphatic rings. The van der Waals surface area contributed by atoms with Crippen molar-refractivity contribution in [2.24, 2.45) is 5.73 Å². The molecular weight excluding hydrogens is 174 g/mol. The van der Waals surface area contributed by atoms with Gasteiger partial charge in [-0.3, -0.25) is 4.79 Å². The molecular formula is C7H11N3O3. The minimum Gasteiger partial charge on any atom is -0.480 e. The number of nitrogens with zero attached hydrogens (tertiary/aromatic N) is 2. The van der Waals surface area contributed by atoms with E-state index in [1.165, 1.54) is 13.8 Å². The third kappa shape index (κ3) is 1.67. The zero-order valence-corrected chi connectivity index (χ0v) is 7.44. The lowest BCUT2D eigenvalue weighted by atomic mass is 9.94. The molecule has 1 aromatic rings. The Kier molecular flexibility index (Phi) is 2.33. The summed E-state index contributed by atoms with van der Waals surface area (Å²) in [5.74, 6) is -0.704. The second-order valence-corrected chi connectivity index (χ2v) is 3.14. The fourth-order valence-electron chi connectivity index (χ4n) is 0.680. The van der Waals surface area contributed by atoms with Crippen molar-refractivity contribution in [2.45, 2.75) is 25.8 Å². The van der Waals surface area contributed by atoms with Crippen molar-refractivity contribution < 1.29 is 14.3 Å². The van der Waals surface area contributed by atoms with E-state index in [2.05, 4.69) is 10.2 Å². The molecule has 0 aliphatic carbocycles. The molecule has 0 saturated carbocycles. The number of aromatic nitrogens is 2. The monoisotopic (exact) mass is 185 g/mol. The van der Waals surface area contributed by atoms with Gasteiger partial charge in [0.2, 0.25) is 11.8 Å². The molecule has 0 amide bonds. The van der Waals surface area contributed by atoms with Crippen molar-refractivity contribution in [1.29, 1.82) is 0 Å². The van der Waals surface area contributed by atoms with Crippen LogP contribution < -0.4 is 5.73 Å². The topological polar surface area (TPSA) is 102 Å². The molecule has 0 unspecified atom stereocenters. The van der Waals surface area contributed by atoms with Gasteiger partial charge in [-0.15, -0.1) is 10.2 Å². The Morgan fingerprint density at radius 3 is 2.62 bits per heavy atom. The summed E-state index contributed by atoms with van der Waals surface area (Å²) in [5.41, 5.74) is 4.07. The lowest BCUT2D eigenvalue weighted by Crippen LogP contribution is -2.28. The maximum atomic E-state index is 10.8. The summed E-state index contributed by atoms with van der Waals surface area (Å²) >= 11 is 0. The first-order valence-corrected chi connectivity index (χ1v) is 3.74. The Labute approximate surface area is 74.8 Å². The van der Waals surface area contributed by atoms with E-state index < -0.39 is 11.4 Å². The first-order chi connectivity index (χ1) is 5.98. The largest absolute Gasteiger partial charge is 0.480 e. The molecule has 0 spiro atoms. The van der Waals surface area contributed by atoms with Crippen LogP contribution >= 0.6 is 0 Å². The Bertz CT molecular complexity index is 319. The van der Waals surface area contributed by atoms with Gasteiger partial charge in [0.1, 0.15) is 5.41 Å². The summed E-state index contributed by atoms with van der Waals surface area (Å²) in [5, 5.41) is 16.0. The molecule has 0 atom stereocenters. The normalized spacial score (nSPS) is 11.6. The van der Waals surface area contributed by atoms with Crippen molar-refractivity contribution in [3.8, 4) is 0 Å². The second-order valence-electron chi connectivity index (χ2n) is 3.14. The van der Waals surface area contributed by atoms with Gasteiger partial charge in [-0.05, 0) is 13.8 Å². The lowest BCUT2D eigenvalue weighted by Gasteiger charge is -2.12. The highest BCUT2D eigenvalue weighted by Crippen LogP contribution is 2.21. The highest BCUT2D eigenvalue weighted by Gasteiger charge is 2.35. The van der Waals surface area contributed by atoms with Crippen LogP contribution in [0, 0.1) is 0 Å². The molecule has 1 heterocycles. The van der Waals surface area contributed by atoms with E-state index in [0.717, 1.165) is 0 Å². The van der Waals surface area contributed by atoms with Crippen LogP contribution in [0.5, 0.6) is 0 Å². The van der Waals surface area contributed by atoms with E-state index in [-0.39, 0.29) is 18.3 Å². The molecule has 6 heteroatoms. The van der Waals surface area contributed by atoms with Crippen molar-refractivity contribution in [3.05, 3.63) is 11.8 Å². The van der Waals surface area contributed by atoms with Gasteiger partial charge >= 0.3 is 5.97 Å². The number of rotatable bonds is 3. The third-order valence-corrected chi connectivity index (χ3v) is 1.71. The molecule has 0 bridgehead atoms. The smallest absolute Gasteiger partial charge is 0.318 e. The summed E-state index contributed by atoms with van der Waals surface area (Å²) < 4.78 is 5.03. The van der Waals surface area contributed by atoms with E-state index in [1.807, 2.05) is 0 Å². The Balaban J connectivity index is 3.00. The molecule has 0 fully saturated rings. The molecule has 72 valence electrons. The van der Waals surface area contributed by atoms with Crippen LogP contribution in [0.1, 0.15) is 25.6 Å². The number of carboxylic acids is 1. The molecule has 0 aliphatic heterocycles. The number of hydrogen-bond acceptors (Lipinski definition) is 5. The zero-order chi connectivity index (χ0) is 10.1. The van der Waals surface area contributed by atoms with Crippen LogP contribution in [0.15, 0.2) is 4.42 Å². The van der Waals surface area contributed by atoms with Gasteiger partial charge < -0.3 is 15.3 Å². The minimum atomic E-state index is -1.17. The van der Waals surface area contributed by atoms with Gasteiger partial charge in [-0.1, -0.05) is 0 Å². The third-order valence-electron chi connectivity index (χ3n) is 1.71. The van der Waals surface area contributed by atoms with Gasteiger partial charge in [-0.2, -0.15) is 0 Å². The van der Waals surface area contributed by atoms with E-state index >= 15 is 0 Å². The van der Waals surface area contributed by atoms with E-state index in [1.54, 1.807) is 0 Å². The Morgan fingerprint density at radius 1 is 1.62 bits per heavy atom. The van der Waals surface area contributed by atoms with Crippen LogP contribution in [0.25, 0.3) is 0 Å². The Morgan fingerprint density at radius 2 is 2.23 bits per heavy atom. The SMILES string of the molecule is CC(C)(C(=O)O)c1nnc(CN)o1. The predicted molar refractivity (Wildman–Crippen MR) is 42.9 cm³/mol. The van der Waals surface area contributed by atoms with E-state index in [9.17, 15) is 4.79 Å². The molecule has 0 radical (unpaired) electrons. The van der Waals surface area contributed by atoms with E-state index in [4.69, 9.17) is 15.3 Å². The number of carbonyl (C=O) groups is 1. The van der Waals surface area contributed by atoms with Crippen LogP contribution in [0.2, 0.25) is 0 Å². The summed E-state index contributed by atoms with van der Waals surface area (Å²) in [6.07, 6.45) is 0. The summed E-state index contributed by atoms with van der Waals surface area (Å²) in [4.78, 5) is 10.8. The first-order valence-electron chi connectivity index (χ1n) is 3.74. The van der Waals surface area contributed by atoms with Gasteiger partial charge in [0.15, 0.2) is 0 Å². The molecule has 1 rings (SSSR count). The highest BCUT2D eigenvalue weighted by molar-refractivity contribution is 5.78. The van der Waals surface area contributed by atoms with Crippen LogP contribution in [0.4, 0.5) is 0 Å². The summed E-state index contributed by atoms with van der Waals surface area (Å²) in [7, 11) is 0. The van der Waals surface area contributed by atoms with Crippen molar-refractivity contribution >= 4 is 5.97 Å². The average Bonchev–Trinajstić information content (AvgIpc) is 2.51. The number of nitrogens with two attached hydrogens (primary N) is 1. The highest BCUT2D eigenvalue weighted by atomic mass is 16.4. The van der Waals surface area contributed by atoms with Crippen molar-refractivity contribution in [3.63, 3.8) is 0 Å². The number of carboxylic acid groups (broad SMARTS) is 1. The quantitative estimate of drug-likeness (QED) is 0.681. The first kappa shape index (κ1) is 9.66. The van der Waals surface area contributed by atoms with Crippen LogP contribution in [-0.2, 0) is 16.8 Å². The molecule has 1 aromatic heterocycles. The summed E-state index contributed by atoms with van der Waals surface area (Å²) in [6, 6.07) is 0. The molecule has 3 N–H and O–H groups in total. The maximum absolute atomic E-state index is 10.8. The van der Waals surface area contributed by atoms with Gasteiger partial charge in [0.05, 0.1) is 6.54 Å². The predicted octanol–water partition coefficient (Wildman–Crippen LogP) is -0.109. The number of aliphatic carboxylic acids is 1. The van der Waals surface area contributed by atoms with Gasteiger partial charge in [0.25, 0.3) is 0 Å². The lowest BCUT2D eigenvalue weighted by molar-refractivity contribution is -0.143. The fraction of sp³-hybridized carbons (Fsp3) is 0.571. The molecule has 13 heavy (non-hydrogen) atoms. The minimum absolute atomic E-state index is 0.0699. The fourth-order valence-corrected chi connectivity index (χ4v) is 0.680. The maximum Gasteiger partial charge on any atom is 0.318 e. The van der Waals surface area contributed by atoms with Crippen LogP contribution in [0.3, 0.4) is 0 Å². The standard InChI is InChI=1S/C7H11N3O3/c1-7(2,6(11)12)5-10-9-4(3-8)13-5/h3,8H2,1-2H3,(H,11,12). The van der Waals surface area contributed by atoms with Crippen molar-refractivity contribution in [1.82, 2.24) is 10.2 Å². The molecule has 0 saturated heterocycles. The zero-order valence-electron chi connectivity index (χ0n) is 7.44. The van der Waals surface area contributed by atoms with E-state index in [0.29, 0.717) is 0 Å². The molecule has 0 aromatic carbocycles. The van der Waals surface area contributed by atoms with Gasteiger partial charge in [-0.25, -0.2) is 0 Å². The summed E-state index contributed by atoms with van der Waals surface area (Å²) in [6.45, 7) is 3.09. The average molecular weight is 185 g/mol. The Hall–Kier alpha value is -1.43. The molecule has 6 nitrogen and oxygen atoms in total. The number of hydrogen-bond donors (Lipinski definition) is 2.